The fourth-order valence-electron chi connectivity index (χ4n) is 3.08. The third-order valence-corrected chi connectivity index (χ3v) is 7.47. The van der Waals surface area contributed by atoms with Gasteiger partial charge in [-0.3, -0.25) is 9.69 Å². The predicted molar refractivity (Wildman–Crippen MR) is 115 cm³/mol. The van der Waals surface area contributed by atoms with E-state index in [1.807, 2.05) is 36.1 Å². The molecule has 156 valence electrons. The van der Waals surface area contributed by atoms with Gasteiger partial charge in [0.25, 0.3) is 0 Å². The van der Waals surface area contributed by atoms with Crippen LogP contribution < -0.4 is 5.32 Å². The van der Waals surface area contributed by atoms with Crippen LogP contribution in [0.4, 0.5) is 0 Å². The zero-order chi connectivity index (χ0) is 21.0. The maximum absolute atomic E-state index is 12.8. The molecule has 0 saturated carbocycles. The highest BCUT2D eigenvalue weighted by atomic mass is 35.5. The number of benzene rings is 2. The molecule has 0 unspecified atom stereocenters. The number of sulfonamides is 1. The minimum atomic E-state index is -3.64. The molecule has 1 N–H and O–H groups in total. The number of hydrogen-bond donors (Lipinski definition) is 1. The Labute approximate surface area is 181 Å². The number of carbonyl (C=O) groups excluding carboxylic acids is 1. The summed E-state index contributed by atoms with van der Waals surface area (Å²) in [5, 5.41) is 3.42. The van der Waals surface area contributed by atoms with Crippen LogP contribution in [0.1, 0.15) is 11.1 Å². The fourth-order valence-corrected chi connectivity index (χ4v) is 4.89. The molecule has 3 rings (SSSR count). The average molecular weight is 456 g/mol. The summed E-state index contributed by atoms with van der Waals surface area (Å²) in [5.41, 5.74) is 2.22. The SMILES string of the molecule is Cc1ccc(CNC(=O)CN2CCN(S(=O)(=O)c3ccc(Cl)c(Cl)c3)CC2)cc1. The largest absolute Gasteiger partial charge is 0.351 e. The van der Waals surface area contributed by atoms with E-state index >= 15 is 0 Å². The monoisotopic (exact) mass is 455 g/mol. The van der Waals surface area contributed by atoms with Gasteiger partial charge in [-0.15, -0.1) is 0 Å². The van der Waals surface area contributed by atoms with Gasteiger partial charge in [0, 0.05) is 32.7 Å². The van der Waals surface area contributed by atoms with E-state index in [0.717, 1.165) is 5.56 Å². The minimum absolute atomic E-state index is 0.0774. The van der Waals surface area contributed by atoms with Crippen molar-refractivity contribution in [2.24, 2.45) is 0 Å². The Morgan fingerprint density at radius 1 is 1.00 bits per heavy atom. The number of hydrogen-bond acceptors (Lipinski definition) is 4. The zero-order valence-electron chi connectivity index (χ0n) is 16.1. The topological polar surface area (TPSA) is 69.7 Å². The molecule has 0 radical (unpaired) electrons. The maximum atomic E-state index is 12.8. The number of aryl methyl sites for hydroxylation is 1. The summed E-state index contributed by atoms with van der Waals surface area (Å²) in [6, 6.07) is 12.3. The second-order valence-electron chi connectivity index (χ2n) is 7.02. The van der Waals surface area contributed by atoms with Crippen molar-refractivity contribution >= 4 is 39.1 Å². The summed E-state index contributed by atoms with van der Waals surface area (Å²) in [5.74, 6) is -0.0774. The molecule has 1 aliphatic rings. The van der Waals surface area contributed by atoms with Crippen LogP contribution in [0.5, 0.6) is 0 Å². The second kappa shape index (κ2) is 9.45. The van der Waals surface area contributed by atoms with Gasteiger partial charge in [0.15, 0.2) is 0 Å². The Morgan fingerprint density at radius 3 is 2.28 bits per heavy atom. The van der Waals surface area contributed by atoms with Crippen LogP contribution in [0.2, 0.25) is 10.0 Å². The van der Waals surface area contributed by atoms with E-state index in [0.29, 0.717) is 37.7 Å². The van der Waals surface area contributed by atoms with Crippen LogP contribution in [0.3, 0.4) is 0 Å². The van der Waals surface area contributed by atoms with Crippen LogP contribution in [0, 0.1) is 6.92 Å². The lowest BCUT2D eigenvalue weighted by molar-refractivity contribution is -0.122. The highest BCUT2D eigenvalue weighted by Gasteiger charge is 2.29. The minimum Gasteiger partial charge on any atom is -0.351 e. The van der Waals surface area contributed by atoms with E-state index in [1.165, 1.54) is 28.1 Å². The first-order chi connectivity index (χ1) is 13.8. The first-order valence-electron chi connectivity index (χ1n) is 9.25. The van der Waals surface area contributed by atoms with Crippen molar-refractivity contribution in [2.45, 2.75) is 18.4 Å². The molecule has 0 aromatic heterocycles. The van der Waals surface area contributed by atoms with Crippen molar-refractivity contribution in [3.05, 3.63) is 63.6 Å². The molecule has 0 aliphatic carbocycles. The number of piperazine rings is 1. The van der Waals surface area contributed by atoms with E-state index in [4.69, 9.17) is 23.2 Å². The van der Waals surface area contributed by atoms with Crippen LogP contribution in [0.25, 0.3) is 0 Å². The van der Waals surface area contributed by atoms with Crippen molar-refractivity contribution in [2.75, 3.05) is 32.7 Å². The van der Waals surface area contributed by atoms with Crippen LogP contribution >= 0.6 is 23.2 Å². The van der Waals surface area contributed by atoms with Crippen molar-refractivity contribution < 1.29 is 13.2 Å². The van der Waals surface area contributed by atoms with Gasteiger partial charge >= 0.3 is 0 Å². The summed E-state index contributed by atoms with van der Waals surface area (Å²) >= 11 is 11.8. The van der Waals surface area contributed by atoms with Crippen molar-refractivity contribution in [3.63, 3.8) is 0 Å². The highest BCUT2D eigenvalue weighted by Crippen LogP contribution is 2.27. The number of amides is 1. The summed E-state index contributed by atoms with van der Waals surface area (Å²) < 4.78 is 27.0. The Kier molecular flexibility index (Phi) is 7.19. The van der Waals surface area contributed by atoms with Gasteiger partial charge in [-0.1, -0.05) is 53.0 Å². The number of carbonyl (C=O) groups is 1. The summed E-state index contributed by atoms with van der Waals surface area (Å²) in [6.45, 7) is 4.33. The summed E-state index contributed by atoms with van der Waals surface area (Å²) in [6.07, 6.45) is 0. The standard InChI is InChI=1S/C20H23Cl2N3O3S/c1-15-2-4-16(5-3-15)13-23-20(26)14-24-8-10-25(11-9-24)29(27,28)17-6-7-18(21)19(22)12-17/h2-7,12H,8-11,13-14H2,1H3,(H,23,26). The van der Waals surface area contributed by atoms with Gasteiger partial charge < -0.3 is 5.32 Å². The normalized spacial score (nSPS) is 16.0. The molecule has 29 heavy (non-hydrogen) atoms. The van der Waals surface area contributed by atoms with Crippen LogP contribution in [-0.2, 0) is 21.4 Å². The van der Waals surface area contributed by atoms with Crippen LogP contribution in [0.15, 0.2) is 47.4 Å². The van der Waals surface area contributed by atoms with Gasteiger partial charge in [-0.25, -0.2) is 8.42 Å². The molecule has 0 spiro atoms. The van der Waals surface area contributed by atoms with E-state index in [9.17, 15) is 13.2 Å². The second-order valence-corrected chi connectivity index (χ2v) is 9.77. The highest BCUT2D eigenvalue weighted by molar-refractivity contribution is 7.89. The lowest BCUT2D eigenvalue weighted by Crippen LogP contribution is -2.50. The molecule has 1 aliphatic heterocycles. The number of rotatable bonds is 6. The Bertz CT molecular complexity index is 973. The third kappa shape index (κ3) is 5.71. The lowest BCUT2D eigenvalue weighted by Gasteiger charge is -2.33. The molecule has 1 amide bonds. The number of halogens is 2. The molecule has 1 heterocycles. The zero-order valence-corrected chi connectivity index (χ0v) is 18.4. The van der Waals surface area contributed by atoms with E-state index < -0.39 is 10.0 Å². The van der Waals surface area contributed by atoms with E-state index in [1.54, 1.807) is 0 Å². The number of nitrogens with one attached hydrogen (secondary N) is 1. The van der Waals surface area contributed by atoms with Gasteiger partial charge in [0.2, 0.25) is 15.9 Å². The van der Waals surface area contributed by atoms with Crippen LogP contribution in [-0.4, -0.2) is 56.3 Å². The molecular formula is C20H23Cl2N3O3S. The summed E-state index contributed by atoms with van der Waals surface area (Å²) in [4.78, 5) is 14.3. The predicted octanol–water partition coefficient (Wildman–Crippen LogP) is 2.92. The fraction of sp³-hybridized carbons (Fsp3) is 0.350. The van der Waals surface area contributed by atoms with Crippen molar-refractivity contribution in [1.29, 1.82) is 0 Å². The van der Waals surface area contributed by atoms with Crippen molar-refractivity contribution in [1.82, 2.24) is 14.5 Å². The Morgan fingerprint density at radius 2 is 1.66 bits per heavy atom. The molecule has 6 nitrogen and oxygen atoms in total. The lowest BCUT2D eigenvalue weighted by atomic mass is 10.1. The molecule has 1 saturated heterocycles. The third-order valence-electron chi connectivity index (χ3n) is 4.84. The smallest absolute Gasteiger partial charge is 0.243 e. The molecule has 2 aromatic rings. The molecule has 0 atom stereocenters. The molecule has 9 heteroatoms. The number of nitrogens with zero attached hydrogens (tertiary/aromatic N) is 2. The van der Waals surface area contributed by atoms with Crippen molar-refractivity contribution in [3.8, 4) is 0 Å². The van der Waals surface area contributed by atoms with Gasteiger partial charge in [0.1, 0.15) is 0 Å². The molecule has 2 aromatic carbocycles. The first kappa shape index (κ1) is 22.1. The maximum Gasteiger partial charge on any atom is 0.243 e. The van der Waals surface area contributed by atoms with Gasteiger partial charge in [-0.05, 0) is 30.7 Å². The van der Waals surface area contributed by atoms with Gasteiger partial charge in [0.05, 0.1) is 21.5 Å². The Hall–Kier alpha value is -1.64. The quantitative estimate of drug-likeness (QED) is 0.726. The van der Waals surface area contributed by atoms with Gasteiger partial charge in [-0.2, -0.15) is 4.31 Å². The average Bonchev–Trinajstić information content (AvgIpc) is 2.70. The first-order valence-corrected chi connectivity index (χ1v) is 11.4. The molecule has 0 bridgehead atoms. The molecular weight excluding hydrogens is 433 g/mol. The molecule has 1 fully saturated rings. The van der Waals surface area contributed by atoms with E-state index in [-0.39, 0.29) is 22.4 Å². The Balaban J connectivity index is 1.50. The summed E-state index contributed by atoms with van der Waals surface area (Å²) in [7, 11) is -3.64. The van der Waals surface area contributed by atoms with E-state index in [2.05, 4.69) is 5.32 Å².